The molecule has 0 atom stereocenters. The fourth-order valence-electron chi connectivity index (χ4n) is 3.14. The fraction of sp³-hybridized carbons (Fsp3) is 0. The maximum Gasteiger partial charge on any atom is 0.265 e. The molecule has 0 amide bonds. The Kier molecular flexibility index (Phi) is 2.55. The smallest absolute Gasteiger partial charge is 0.265 e. The number of para-hydroxylation sites is 2. The first-order chi connectivity index (χ1) is 11.8. The van der Waals surface area contributed by atoms with E-state index in [1.807, 2.05) is 54.6 Å². The third-order valence-electron chi connectivity index (χ3n) is 4.24. The molecule has 112 valence electrons. The second-order valence-electron chi connectivity index (χ2n) is 5.58. The van der Waals surface area contributed by atoms with Crippen LogP contribution in [0, 0.1) is 11.3 Å². The van der Waals surface area contributed by atoms with Crippen molar-refractivity contribution in [3.05, 3.63) is 70.5 Å². The average molecular weight is 327 g/mol. The van der Waals surface area contributed by atoms with Crippen molar-refractivity contribution >= 4 is 48.2 Å². The first-order valence-electron chi connectivity index (χ1n) is 7.44. The summed E-state index contributed by atoms with van der Waals surface area (Å²) in [6.07, 6.45) is 0. The van der Waals surface area contributed by atoms with E-state index in [0.717, 1.165) is 21.1 Å². The van der Waals surface area contributed by atoms with Crippen molar-refractivity contribution < 1.29 is 0 Å². The van der Waals surface area contributed by atoms with Crippen molar-refractivity contribution in [2.45, 2.75) is 0 Å². The minimum Gasteiger partial charge on any atom is -0.268 e. The van der Waals surface area contributed by atoms with Gasteiger partial charge in [0.15, 0.2) is 0 Å². The second-order valence-corrected chi connectivity index (χ2v) is 6.61. The summed E-state index contributed by atoms with van der Waals surface area (Å²) in [5.41, 5.74) is 2.42. The molecule has 4 nitrogen and oxygen atoms in total. The molecule has 0 saturated heterocycles. The number of nitrogens with zero attached hydrogens (tertiary/aromatic N) is 3. The van der Waals surface area contributed by atoms with Crippen LogP contribution < -0.4 is 5.56 Å². The number of benzene rings is 2. The maximum absolute atomic E-state index is 13.1. The van der Waals surface area contributed by atoms with Gasteiger partial charge in [0.1, 0.15) is 16.5 Å². The van der Waals surface area contributed by atoms with Crippen LogP contribution in [-0.2, 0) is 0 Å². The van der Waals surface area contributed by atoms with Crippen LogP contribution >= 0.6 is 11.3 Å². The number of hydrogen-bond donors (Lipinski definition) is 0. The van der Waals surface area contributed by atoms with Gasteiger partial charge in [-0.1, -0.05) is 30.3 Å². The first-order valence-corrected chi connectivity index (χ1v) is 8.25. The van der Waals surface area contributed by atoms with Gasteiger partial charge in [0.2, 0.25) is 0 Å². The highest BCUT2D eigenvalue weighted by atomic mass is 32.1. The summed E-state index contributed by atoms with van der Waals surface area (Å²) in [5, 5.41) is 11.1. The van der Waals surface area contributed by atoms with Crippen molar-refractivity contribution in [1.29, 1.82) is 5.26 Å². The van der Waals surface area contributed by atoms with Gasteiger partial charge in [0.25, 0.3) is 5.56 Å². The van der Waals surface area contributed by atoms with Gasteiger partial charge in [-0.15, -0.1) is 11.3 Å². The highest BCUT2D eigenvalue weighted by Crippen LogP contribution is 2.31. The van der Waals surface area contributed by atoms with Crippen LogP contribution in [-0.4, -0.2) is 9.38 Å². The first kappa shape index (κ1) is 13.2. The van der Waals surface area contributed by atoms with Gasteiger partial charge >= 0.3 is 0 Å². The van der Waals surface area contributed by atoms with Crippen LogP contribution in [0.2, 0.25) is 0 Å². The molecule has 5 rings (SSSR count). The van der Waals surface area contributed by atoms with E-state index < -0.39 is 0 Å². The van der Waals surface area contributed by atoms with Crippen LogP contribution in [0.1, 0.15) is 5.56 Å². The quantitative estimate of drug-likeness (QED) is 0.403. The zero-order valence-electron chi connectivity index (χ0n) is 12.4. The van der Waals surface area contributed by atoms with E-state index in [-0.39, 0.29) is 5.56 Å². The molecule has 0 spiro atoms. The third-order valence-corrected chi connectivity index (χ3v) is 5.38. The van der Waals surface area contributed by atoms with Crippen molar-refractivity contribution in [3.8, 4) is 6.07 Å². The molecule has 5 heteroatoms. The van der Waals surface area contributed by atoms with E-state index in [2.05, 4.69) is 11.1 Å². The van der Waals surface area contributed by atoms with Gasteiger partial charge in [-0.3, -0.25) is 9.20 Å². The summed E-state index contributed by atoms with van der Waals surface area (Å²) in [6, 6.07) is 19.4. The summed E-state index contributed by atoms with van der Waals surface area (Å²) in [7, 11) is 0. The van der Waals surface area contributed by atoms with E-state index in [1.165, 1.54) is 11.3 Å². The molecule has 2 aromatic carbocycles. The number of thiazole rings is 1. The van der Waals surface area contributed by atoms with Crippen molar-refractivity contribution in [2.24, 2.45) is 0 Å². The van der Waals surface area contributed by atoms with E-state index in [0.29, 0.717) is 21.3 Å². The summed E-state index contributed by atoms with van der Waals surface area (Å²) in [4.78, 5) is 18.3. The van der Waals surface area contributed by atoms with E-state index in [1.54, 1.807) is 4.40 Å². The van der Waals surface area contributed by atoms with E-state index in [9.17, 15) is 10.1 Å². The SMILES string of the molecule is N#Cc1c2nc3ccccc3cc2c(=O)n2c1sc1ccccc12. The summed E-state index contributed by atoms with van der Waals surface area (Å²) in [5.74, 6) is 0. The Morgan fingerprint density at radius 3 is 2.75 bits per heavy atom. The lowest BCUT2D eigenvalue weighted by atomic mass is 10.1. The number of aromatic nitrogens is 2. The van der Waals surface area contributed by atoms with Crippen LogP contribution in [0.25, 0.3) is 36.9 Å². The second kappa shape index (κ2) is 4.63. The number of rotatable bonds is 0. The van der Waals surface area contributed by atoms with Gasteiger partial charge < -0.3 is 0 Å². The van der Waals surface area contributed by atoms with Crippen LogP contribution in [0.4, 0.5) is 0 Å². The molecule has 0 fully saturated rings. The Balaban J connectivity index is 2.15. The number of hydrogen-bond acceptors (Lipinski definition) is 4. The minimum atomic E-state index is -0.130. The molecule has 24 heavy (non-hydrogen) atoms. The molecule has 5 aromatic rings. The van der Waals surface area contributed by atoms with Crippen LogP contribution in [0.5, 0.6) is 0 Å². The predicted octanol–water partition coefficient (Wildman–Crippen LogP) is 4.09. The van der Waals surface area contributed by atoms with Gasteiger partial charge in [-0.25, -0.2) is 4.98 Å². The maximum atomic E-state index is 13.1. The largest absolute Gasteiger partial charge is 0.268 e. The Morgan fingerprint density at radius 2 is 1.88 bits per heavy atom. The molecule has 0 unspecified atom stereocenters. The molecule has 0 aliphatic heterocycles. The molecular formula is C19H9N3OS. The van der Waals surface area contributed by atoms with E-state index in [4.69, 9.17) is 0 Å². The predicted molar refractivity (Wildman–Crippen MR) is 96.6 cm³/mol. The van der Waals surface area contributed by atoms with Crippen LogP contribution in [0.3, 0.4) is 0 Å². The zero-order valence-corrected chi connectivity index (χ0v) is 13.2. The summed E-state index contributed by atoms with van der Waals surface area (Å²) in [6.45, 7) is 0. The van der Waals surface area contributed by atoms with Gasteiger partial charge in [-0.05, 0) is 24.3 Å². The summed E-state index contributed by atoms with van der Waals surface area (Å²) < 4.78 is 2.61. The molecule has 3 aromatic heterocycles. The highest BCUT2D eigenvalue weighted by Gasteiger charge is 2.17. The zero-order chi connectivity index (χ0) is 16.3. The lowest BCUT2D eigenvalue weighted by Gasteiger charge is -2.05. The van der Waals surface area contributed by atoms with Crippen LogP contribution in [0.15, 0.2) is 59.4 Å². The van der Waals surface area contributed by atoms with E-state index >= 15 is 0 Å². The fourth-order valence-corrected chi connectivity index (χ4v) is 4.28. The number of fused-ring (bicyclic) bond motifs is 5. The molecule has 0 bridgehead atoms. The Morgan fingerprint density at radius 1 is 1.08 bits per heavy atom. The lowest BCUT2D eigenvalue weighted by Crippen LogP contribution is -2.14. The van der Waals surface area contributed by atoms with Gasteiger partial charge in [0, 0.05) is 5.39 Å². The Labute approximate surface area is 139 Å². The lowest BCUT2D eigenvalue weighted by molar-refractivity contribution is 1.19. The third kappa shape index (κ3) is 1.60. The van der Waals surface area contributed by atoms with Crippen molar-refractivity contribution in [1.82, 2.24) is 9.38 Å². The topological polar surface area (TPSA) is 58.2 Å². The highest BCUT2D eigenvalue weighted by molar-refractivity contribution is 7.24. The molecular weight excluding hydrogens is 318 g/mol. The normalized spacial score (nSPS) is 11.5. The van der Waals surface area contributed by atoms with Crippen molar-refractivity contribution in [3.63, 3.8) is 0 Å². The average Bonchev–Trinajstić information content (AvgIpc) is 3.00. The number of pyridine rings is 2. The monoisotopic (exact) mass is 327 g/mol. The Bertz CT molecular complexity index is 1390. The number of nitriles is 1. The molecule has 3 heterocycles. The van der Waals surface area contributed by atoms with Gasteiger partial charge in [-0.2, -0.15) is 5.26 Å². The van der Waals surface area contributed by atoms with Crippen molar-refractivity contribution in [2.75, 3.05) is 0 Å². The molecule has 0 aliphatic carbocycles. The standard InChI is InChI=1S/C19H9N3OS/c20-10-13-17-12(9-11-5-1-2-6-14(11)21-17)18(23)22-15-7-3-4-8-16(15)24-19(13)22/h1-9H. The minimum absolute atomic E-state index is 0.130. The molecule has 0 aliphatic rings. The molecule has 0 saturated carbocycles. The molecule has 0 radical (unpaired) electrons. The molecule has 0 N–H and O–H groups in total. The summed E-state index contributed by atoms with van der Waals surface area (Å²) >= 11 is 1.45. The Hall–Kier alpha value is -3.23. The van der Waals surface area contributed by atoms with Gasteiger partial charge in [0.05, 0.1) is 26.6 Å².